The van der Waals surface area contributed by atoms with Crippen LogP contribution in [0.2, 0.25) is 0 Å². The van der Waals surface area contributed by atoms with Gasteiger partial charge in [-0.3, -0.25) is 4.79 Å². The van der Waals surface area contributed by atoms with Gasteiger partial charge in [-0.2, -0.15) is 17.6 Å². The van der Waals surface area contributed by atoms with Gasteiger partial charge >= 0.3 is 18.5 Å². The maximum atomic E-state index is 12.6. The zero-order valence-electron chi connectivity index (χ0n) is 10.2. The van der Waals surface area contributed by atoms with Gasteiger partial charge in [0.2, 0.25) is 0 Å². The van der Waals surface area contributed by atoms with Crippen LogP contribution in [0.4, 0.5) is 17.6 Å². The van der Waals surface area contributed by atoms with Crippen LogP contribution in [0.25, 0.3) is 0 Å². The smallest absolute Gasteiger partial charge is 0.461 e. The summed E-state index contributed by atoms with van der Waals surface area (Å²) in [5, 5.41) is 8.50. The van der Waals surface area contributed by atoms with Gasteiger partial charge in [-0.05, 0) is 24.1 Å². The van der Waals surface area contributed by atoms with E-state index in [-0.39, 0.29) is 12.8 Å². The number of rotatable bonds is 7. The number of hydrogen-bond acceptors (Lipinski definition) is 3. The van der Waals surface area contributed by atoms with Crippen molar-refractivity contribution in [3.63, 3.8) is 0 Å². The van der Waals surface area contributed by atoms with E-state index in [0.717, 1.165) is 12.1 Å². The lowest BCUT2D eigenvalue weighted by molar-refractivity contribution is -0.253. The minimum atomic E-state index is -4.56. The van der Waals surface area contributed by atoms with Crippen molar-refractivity contribution in [3.8, 4) is 5.75 Å². The molecule has 0 amide bonds. The maximum Gasteiger partial charge on any atom is 0.461 e. The van der Waals surface area contributed by atoms with E-state index < -0.39 is 30.3 Å². The minimum absolute atomic E-state index is 0.136. The lowest BCUT2D eigenvalue weighted by atomic mass is 10.0. The largest absolute Gasteiger partial charge is 0.481 e. The van der Waals surface area contributed by atoms with Crippen LogP contribution >= 0.6 is 0 Å². The molecule has 0 spiro atoms. The van der Waals surface area contributed by atoms with Crippen molar-refractivity contribution in [2.45, 2.75) is 31.4 Å². The Hall–Kier alpha value is -1.83. The van der Waals surface area contributed by atoms with Gasteiger partial charge in [0.25, 0.3) is 0 Å². The molecule has 0 fully saturated rings. The molecule has 0 heterocycles. The second-order valence-corrected chi connectivity index (χ2v) is 4.07. The van der Waals surface area contributed by atoms with Crippen molar-refractivity contribution in [1.29, 1.82) is 0 Å². The standard InChI is InChI=1S/C12H13F4NO3/c13-11(14)12(15,16)20-8-3-1-7(2-4-8)9(17)5-6-10(18)19/h1-4,9,11H,5-6,17H2,(H,18,19). The molecule has 0 aromatic heterocycles. The Bertz CT molecular complexity index is 451. The molecule has 1 atom stereocenters. The highest BCUT2D eigenvalue weighted by Gasteiger charge is 2.43. The molecule has 20 heavy (non-hydrogen) atoms. The van der Waals surface area contributed by atoms with Crippen LogP contribution in [0.15, 0.2) is 24.3 Å². The van der Waals surface area contributed by atoms with Crippen molar-refractivity contribution in [1.82, 2.24) is 0 Å². The number of carbonyl (C=O) groups is 1. The number of nitrogens with two attached hydrogens (primary N) is 1. The van der Waals surface area contributed by atoms with E-state index in [1.54, 1.807) is 0 Å². The van der Waals surface area contributed by atoms with E-state index in [2.05, 4.69) is 4.74 Å². The van der Waals surface area contributed by atoms with Crippen LogP contribution in [-0.4, -0.2) is 23.6 Å². The summed E-state index contributed by atoms with van der Waals surface area (Å²) in [6.45, 7) is 0. The monoisotopic (exact) mass is 295 g/mol. The molecule has 0 aliphatic carbocycles. The fourth-order valence-corrected chi connectivity index (χ4v) is 1.43. The second-order valence-electron chi connectivity index (χ2n) is 4.07. The average Bonchev–Trinajstić information content (AvgIpc) is 2.36. The molecule has 1 rings (SSSR count). The topological polar surface area (TPSA) is 72.6 Å². The summed E-state index contributed by atoms with van der Waals surface area (Å²) in [4.78, 5) is 10.4. The summed E-state index contributed by atoms with van der Waals surface area (Å²) in [5.41, 5.74) is 6.20. The Kier molecular flexibility index (Phi) is 5.32. The molecule has 0 radical (unpaired) electrons. The van der Waals surface area contributed by atoms with Gasteiger partial charge in [0.1, 0.15) is 5.75 Å². The van der Waals surface area contributed by atoms with Crippen LogP contribution in [-0.2, 0) is 4.79 Å². The van der Waals surface area contributed by atoms with Crippen molar-refractivity contribution in [3.05, 3.63) is 29.8 Å². The van der Waals surface area contributed by atoms with Crippen LogP contribution in [0.3, 0.4) is 0 Å². The number of carboxylic acid groups (broad SMARTS) is 1. The molecule has 1 aromatic rings. The third-order valence-corrected chi connectivity index (χ3v) is 2.49. The first-order valence-corrected chi connectivity index (χ1v) is 5.64. The van der Waals surface area contributed by atoms with Crippen LogP contribution in [0.1, 0.15) is 24.4 Å². The Morgan fingerprint density at radius 3 is 2.30 bits per heavy atom. The fraction of sp³-hybridized carbons (Fsp3) is 0.417. The van der Waals surface area contributed by atoms with Gasteiger partial charge in [0.15, 0.2) is 0 Å². The lowest BCUT2D eigenvalue weighted by Gasteiger charge is -2.17. The van der Waals surface area contributed by atoms with Gasteiger partial charge in [-0.1, -0.05) is 12.1 Å². The Morgan fingerprint density at radius 1 is 1.30 bits per heavy atom. The van der Waals surface area contributed by atoms with Gasteiger partial charge in [0, 0.05) is 12.5 Å². The van der Waals surface area contributed by atoms with Crippen molar-refractivity contribution in [2.24, 2.45) is 5.73 Å². The molecule has 112 valence electrons. The fourth-order valence-electron chi connectivity index (χ4n) is 1.43. The van der Waals surface area contributed by atoms with Crippen molar-refractivity contribution in [2.75, 3.05) is 0 Å². The summed E-state index contributed by atoms with van der Waals surface area (Å²) >= 11 is 0. The van der Waals surface area contributed by atoms with E-state index >= 15 is 0 Å². The number of benzene rings is 1. The number of alkyl halides is 4. The summed E-state index contributed by atoms with van der Waals surface area (Å²) in [7, 11) is 0. The lowest BCUT2D eigenvalue weighted by Crippen LogP contribution is -2.33. The van der Waals surface area contributed by atoms with E-state index in [4.69, 9.17) is 10.8 Å². The van der Waals surface area contributed by atoms with Crippen LogP contribution < -0.4 is 10.5 Å². The third kappa shape index (κ3) is 4.69. The molecule has 1 aromatic carbocycles. The molecule has 4 nitrogen and oxygen atoms in total. The Morgan fingerprint density at radius 2 is 1.85 bits per heavy atom. The quantitative estimate of drug-likeness (QED) is 0.759. The molecule has 0 aliphatic rings. The number of carboxylic acids is 1. The SMILES string of the molecule is NC(CCC(=O)O)c1ccc(OC(F)(F)C(F)F)cc1. The Balaban J connectivity index is 2.67. The third-order valence-electron chi connectivity index (χ3n) is 2.49. The molecule has 0 saturated carbocycles. The highest BCUT2D eigenvalue weighted by atomic mass is 19.3. The predicted octanol–water partition coefficient (Wildman–Crippen LogP) is 2.79. The average molecular weight is 295 g/mol. The molecule has 8 heteroatoms. The number of hydrogen-bond donors (Lipinski definition) is 2. The number of aliphatic carboxylic acids is 1. The normalized spacial score (nSPS) is 13.3. The molecule has 1 unspecified atom stereocenters. The minimum Gasteiger partial charge on any atom is -0.481 e. The molecule has 0 saturated heterocycles. The maximum absolute atomic E-state index is 12.6. The van der Waals surface area contributed by atoms with E-state index in [0.29, 0.717) is 5.56 Å². The zero-order chi connectivity index (χ0) is 15.3. The van der Waals surface area contributed by atoms with E-state index in [1.165, 1.54) is 12.1 Å². The second kappa shape index (κ2) is 6.56. The Labute approximate surface area is 112 Å². The van der Waals surface area contributed by atoms with Gasteiger partial charge < -0.3 is 15.6 Å². The van der Waals surface area contributed by atoms with Gasteiger partial charge in [-0.15, -0.1) is 0 Å². The van der Waals surface area contributed by atoms with Crippen LogP contribution in [0.5, 0.6) is 5.75 Å². The van der Waals surface area contributed by atoms with Crippen molar-refractivity contribution < 1.29 is 32.2 Å². The number of ether oxygens (including phenoxy) is 1. The molecule has 0 bridgehead atoms. The predicted molar refractivity (Wildman–Crippen MR) is 61.8 cm³/mol. The summed E-state index contributed by atoms with van der Waals surface area (Å²) < 4.78 is 53.0. The van der Waals surface area contributed by atoms with E-state index in [9.17, 15) is 22.4 Å². The number of halogens is 4. The zero-order valence-corrected chi connectivity index (χ0v) is 10.2. The highest BCUT2D eigenvalue weighted by Crippen LogP contribution is 2.28. The molecular weight excluding hydrogens is 282 g/mol. The highest BCUT2D eigenvalue weighted by molar-refractivity contribution is 5.66. The van der Waals surface area contributed by atoms with Gasteiger partial charge in [0.05, 0.1) is 0 Å². The first kappa shape index (κ1) is 16.2. The molecule has 0 aliphatic heterocycles. The summed E-state index contributed by atoms with van der Waals surface area (Å²) in [5.74, 6) is -1.43. The van der Waals surface area contributed by atoms with Gasteiger partial charge in [-0.25, -0.2) is 0 Å². The summed E-state index contributed by atoms with van der Waals surface area (Å²) in [6, 6.07) is 4.21. The molecule has 3 N–H and O–H groups in total. The first-order valence-electron chi connectivity index (χ1n) is 5.64. The summed E-state index contributed by atoms with van der Waals surface area (Å²) in [6.07, 6.45) is -8.46. The van der Waals surface area contributed by atoms with Crippen molar-refractivity contribution >= 4 is 5.97 Å². The van der Waals surface area contributed by atoms with E-state index in [1.807, 2.05) is 0 Å². The molecular formula is C12H13F4NO3. The first-order chi connectivity index (χ1) is 9.22. The van der Waals surface area contributed by atoms with Crippen LogP contribution in [0, 0.1) is 0 Å².